The number of likely N-dealkylation sites (N-methyl/N-ethyl adjacent to an activating group) is 1. The van der Waals surface area contributed by atoms with Crippen molar-refractivity contribution < 1.29 is 4.79 Å². The monoisotopic (exact) mass is 276 g/mol. The van der Waals surface area contributed by atoms with Gasteiger partial charge in [0.1, 0.15) is 0 Å². The number of hydrogen-bond acceptors (Lipinski definition) is 3. The molecule has 0 saturated carbocycles. The Morgan fingerprint density at radius 3 is 2.75 bits per heavy atom. The Labute approximate surface area is 120 Å². The lowest BCUT2D eigenvalue weighted by Crippen LogP contribution is -2.45. The summed E-state index contributed by atoms with van der Waals surface area (Å²) in [5.74, 6) is 0. The molecule has 5 nitrogen and oxygen atoms in total. The number of carbonyl (C=O) groups is 1. The van der Waals surface area contributed by atoms with Crippen molar-refractivity contribution in [2.75, 3.05) is 25.5 Å². The number of carbonyl (C=O) groups excluding carboxylic acids is 1. The van der Waals surface area contributed by atoms with Crippen LogP contribution in [-0.4, -0.2) is 37.1 Å². The third kappa shape index (κ3) is 4.21. The Morgan fingerprint density at radius 1 is 1.35 bits per heavy atom. The average molecular weight is 276 g/mol. The Hall–Kier alpha value is -1.59. The molecule has 5 heteroatoms. The van der Waals surface area contributed by atoms with Crippen molar-refractivity contribution in [1.82, 2.24) is 10.2 Å². The Bertz CT molecular complexity index is 432. The third-order valence-corrected chi connectivity index (χ3v) is 3.87. The molecule has 2 amide bonds. The predicted molar refractivity (Wildman–Crippen MR) is 81.6 cm³/mol. The van der Waals surface area contributed by atoms with Crippen LogP contribution in [0.1, 0.15) is 24.8 Å². The van der Waals surface area contributed by atoms with Crippen LogP contribution >= 0.6 is 0 Å². The second-order valence-corrected chi connectivity index (χ2v) is 5.37. The number of rotatable bonds is 4. The molecule has 2 rings (SSSR count). The molecular weight excluding hydrogens is 252 g/mol. The van der Waals surface area contributed by atoms with Crippen molar-refractivity contribution in [3.8, 4) is 0 Å². The second-order valence-electron chi connectivity index (χ2n) is 5.37. The number of hydrogen-bond donors (Lipinski definition) is 3. The van der Waals surface area contributed by atoms with Gasteiger partial charge in [0.2, 0.25) is 0 Å². The lowest BCUT2D eigenvalue weighted by Gasteiger charge is -2.32. The number of amides is 2. The number of likely N-dealkylation sites (tertiary alicyclic amines) is 1. The summed E-state index contributed by atoms with van der Waals surface area (Å²) in [7, 11) is 2.12. The van der Waals surface area contributed by atoms with E-state index in [1.54, 1.807) is 0 Å². The minimum Gasteiger partial charge on any atom is -0.336 e. The van der Waals surface area contributed by atoms with E-state index < -0.39 is 0 Å². The molecule has 0 radical (unpaired) electrons. The Kier molecular flexibility index (Phi) is 5.38. The molecule has 1 aliphatic rings. The number of urea groups is 1. The first kappa shape index (κ1) is 14.8. The van der Waals surface area contributed by atoms with E-state index in [1.807, 2.05) is 24.3 Å². The van der Waals surface area contributed by atoms with Gasteiger partial charge in [-0.2, -0.15) is 0 Å². The maximum absolute atomic E-state index is 11.9. The van der Waals surface area contributed by atoms with Crippen molar-refractivity contribution in [2.45, 2.75) is 31.8 Å². The van der Waals surface area contributed by atoms with Gasteiger partial charge in [-0.1, -0.05) is 18.6 Å². The topological polar surface area (TPSA) is 70.4 Å². The predicted octanol–water partition coefficient (Wildman–Crippen LogP) is 1.75. The number of nitrogens with zero attached hydrogens (tertiary/aromatic N) is 1. The van der Waals surface area contributed by atoms with Crippen molar-refractivity contribution in [3.05, 3.63) is 29.8 Å². The molecule has 1 atom stereocenters. The molecule has 4 N–H and O–H groups in total. The van der Waals surface area contributed by atoms with E-state index in [4.69, 9.17) is 5.73 Å². The van der Waals surface area contributed by atoms with E-state index >= 15 is 0 Å². The van der Waals surface area contributed by atoms with Crippen molar-refractivity contribution in [3.63, 3.8) is 0 Å². The summed E-state index contributed by atoms with van der Waals surface area (Å²) in [6.07, 6.45) is 3.66. The van der Waals surface area contributed by atoms with Crippen LogP contribution in [0.25, 0.3) is 0 Å². The zero-order chi connectivity index (χ0) is 14.4. The number of anilines is 1. The summed E-state index contributed by atoms with van der Waals surface area (Å²) in [5, 5.41) is 5.78. The number of piperidine rings is 1. The summed E-state index contributed by atoms with van der Waals surface area (Å²) in [4.78, 5) is 14.2. The first-order valence-corrected chi connectivity index (χ1v) is 7.23. The quantitative estimate of drug-likeness (QED) is 0.784. The van der Waals surface area contributed by atoms with Gasteiger partial charge in [-0.3, -0.25) is 0 Å². The Morgan fingerprint density at radius 2 is 2.10 bits per heavy atom. The summed E-state index contributed by atoms with van der Waals surface area (Å²) >= 11 is 0. The summed E-state index contributed by atoms with van der Waals surface area (Å²) in [6, 6.07) is 7.89. The highest BCUT2D eigenvalue weighted by atomic mass is 16.2. The molecule has 0 aliphatic carbocycles. The van der Waals surface area contributed by atoms with Crippen LogP contribution in [0.15, 0.2) is 24.3 Å². The highest BCUT2D eigenvalue weighted by Gasteiger charge is 2.19. The molecule has 1 saturated heterocycles. The minimum absolute atomic E-state index is 0.149. The highest BCUT2D eigenvalue weighted by Crippen LogP contribution is 2.14. The van der Waals surface area contributed by atoms with Gasteiger partial charge in [0.05, 0.1) is 0 Å². The highest BCUT2D eigenvalue weighted by molar-refractivity contribution is 5.89. The zero-order valence-electron chi connectivity index (χ0n) is 12.1. The van der Waals surface area contributed by atoms with Gasteiger partial charge in [-0.25, -0.2) is 4.79 Å². The smallest absolute Gasteiger partial charge is 0.319 e. The van der Waals surface area contributed by atoms with E-state index in [9.17, 15) is 4.79 Å². The molecule has 1 aliphatic heterocycles. The molecule has 1 aromatic carbocycles. The van der Waals surface area contributed by atoms with Crippen LogP contribution in [0.4, 0.5) is 10.5 Å². The van der Waals surface area contributed by atoms with Crippen LogP contribution < -0.4 is 16.4 Å². The van der Waals surface area contributed by atoms with Gasteiger partial charge in [0.25, 0.3) is 0 Å². The van der Waals surface area contributed by atoms with Gasteiger partial charge in [-0.15, -0.1) is 0 Å². The molecule has 1 unspecified atom stereocenters. The van der Waals surface area contributed by atoms with Crippen LogP contribution in [0.3, 0.4) is 0 Å². The van der Waals surface area contributed by atoms with Crippen LogP contribution in [0.5, 0.6) is 0 Å². The second kappa shape index (κ2) is 7.26. The van der Waals surface area contributed by atoms with Gasteiger partial charge >= 0.3 is 6.03 Å². The van der Waals surface area contributed by atoms with Crippen LogP contribution in [0, 0.1) is 0 Å². The lowest BCUT2D eigenvalue weighted by molar-refractivity contribution is 0.182. The molecule has 1 aromatic rings. The first-order chi connectivity index (χ1) is 9.69. The lowest BCUT2D eigenvalue weighted by atomic mass is 10.0. The average Bonchev–Trinajstić information content (AvgIpc) is 2.47. The summed E-state index contributed by atoms with van der Waals surface area (Å²) in [6.45, 7) is 2.33. The van der Waals surface area contributed by atoms with Gasteiger partial charge in [0.15, 0.2) is 0 Å². The van der Waals surface area contributed by atoms with E-state index in [0.29, 0.717) is 19.1 Å². The molecule has 0 aromatic heterocycles. The maximum atomic E-state index is 11.9. The van der Waals surface area contributed by atoms with Crippen LogP contribution in [0.2, 0.25) is 0 Å². The fourth-order valence-corrected chi connectivity index (χ4v) is 2.51. The fourth-order valence-electron chi connectivity index (χ4n) is 2.51. The third-order valence-electron chi connectivity index (χ3n) is 3.87. The van der Waals surface area contributed by atoms with Crippen molar-refractivity contribution >= 4 is 11.7 Å². The van der Waals surface area contributed by atoms with Gasteiger partial charge < -0.3 is 21.3 Å². The minimum atomic E-state index is -0.149. The summed E-state index contributed by atoms with van der Waals surface area (Å²) in [5.41, 5.74) is 7.38. The van der Waals surface area contributed by atoms with Gasteiger partial charge in [0, 0.05) is 24.8 Å². The number of nitrogens with one attached hydrogen (secondary N) is 2. The van der Waals surface area contributed by atoms with E-state index in [0.717, 1.165) is 24.2 Å². The summed E-state index contributed by atoms with van der Waals surface area (Å²) < 4.78 is 0. The maximum Gasteiger partial charge on any atom is 0.319 e. The van der Waals surface area contributed by atoms with E-state index in [1.165, 1.54) is 12.8 Å². The SMILES string of the molecule is CN1CCCCC1CNC(=O)Nc1ccc(CN)cc1. The zero-order valence-corrected chi connectivity index (χ0v) is 12.1. The molecule has 1 fully saturated rings. The van der Waals surface area contributed by atoms with Crippen molar-refractivity contribution in [2.24, 2.45) is 5.73 Å². The van der Waals surface area contributed by atoms with Crippen LogP contribution in [-0.2, 0) is 6.54 Å². The molecule has 20 heavy (non-hydrogen) atoms. The largest absolute Gasteiger partial charge is 0.336 e. The van der Waals surface area contributed by atoms with E-state index in [-0.39, 0.29) is 6.03 Å². The molecule has 1 heterocycles. The number of nitrogens with two attached hydrogens (primary N) is 1. The van der Waals surface area contributed by atoms with Crippen molar-refractivity contribution in [1.29, 1.82) is 0 Å². The van der Waals surface area contributed by atoms with Gasteiger partial charge in [-0.05, 0) is 44.1 Å². The normalized spacial score (nSPS) is 19.6. The molecular formula is C15H24N4O. The van der Waals surface area contributed by atoms with E-state index in [2.05, 4.69) is 22.6 Å². The first-order valence-electron chi connectivity index (χ1n) is 7.23. The standard InChI is InChI=1S/C15H24N4O/c1-19-9-3-2-4-14(19)11-17-15(20)18-13-7-5-12(10-16)6-8-13/h5-8,14H,2-4,9-11,16H2,1H3,(H2,17,18,20). The number of benzene rings is 1. The Balaban J connectivity index is 1.76. The fraction of sp³-hybridized carbons (Fsp3) is 0.533. The molecule has 110 valence electrons. The molecule has 0 bridgehead atoms. The molecule has 0 spiro atoms.